The van der Waals surface area contributed by atoms with Gasteiger partial charge in [-0.2, -0.15) is 0 Å². The molecule has 1 fully saturated rings. The number of hydrogen-bond acceptors (Lipinski definition) is 2. The van der Waals surface area contributed by atoms with Crippen LogP contribution in [0.2, 0.25) is 0 Å². The number of nitrogens with one attached hydrogen (secondary N) is 1. The maximum Gasteiger partial charge on any atom is 0.106 e. The Bertz CT molecular complexity index is 287. The van der Waals surface area contributed by atoms with E-state index in [1.807, 2.05) is 12.3 Å². The molecule has 4 heteroatoms. The van der Waals surface area contributed by atoms with Gasteiger partial charge in [0.1, 0.15) is 4.60 Å². The molecule has 0 amide bonds. The van der Waals surface area contributed by atoms with Gasteiger partial charge in [-0.15, -0.1) is 0 Å². The van der Waals surface area contributed by atoms with Gasteiger partial charge in [-0.25, -0.2) is 0 Å². The van der Waals surface area contributed by atoms with Crippen molar-refractivity contribution in [3.05, 3.63) is 16.9 Å². The lowest BCUT2D eigenvalue weighted by atomic mass is 10.1. The Labute approximate surface area is 85.9 Å². The molecule has 0 radical (unpaired) electrons. The summed E-state index contributed by atoms with van der Waals surface area (Å²) in [6.45, 7) is 1.78. The van der Waals surface area contributed by atoms with Crippen LogP contribution in [0.5, 0.6) is 0 Å². The van der Waals surface area contributed by atoms with Gasteiger partial charge in [0.2, 0.25) is 0 Å². The number of nitrogens with zero attached hydrogens (tertiary/aromatic N) is 1. The standard InChI is InChI=1S/C9H13BrN2O/c10-9-8(3-4-11-9)12-5-1-2-7(13)6-12/h3-4,7,11,13H,1-2,5-6H2/t7-/m1/s1. The number of halogens is 1. The maximum atomic E-state index is 9.50. The van der Waals surface area contributed by atoms with E-state index in [2.05, 4.69) is 25.8 Å². The van der Waals surface area contributed by atoms with Crippen LogP contribution >= 0.6 is 15.9 Å². The molecule has 2 N–H and O–H groups in total. The molecule has 72 valence electrons. The average molecular weight is 245 g/mol. The Kier molecular flexibility index (Phi) is 2.60. The van der Waals surface area contributed by atoms with Crippen molar-refractivity contribution in [3.63, 3.8) is 0 Å². The van der Waals surface area contributed by atoms with Crippen LogP contribution in [-0.4, -0.2) is 29.3 Å². The smallest absolute Gasteiger partial charge is 0.106 e. The lowest BCUT2D eigenvalue weighted by molar-refractivity contribution is 0.154. The fraction of sp³-hybridized carbons (Fsp3) is 0.556. The Morgan fingerprint density at radius 2 is 2.46 bits per heavy atom. The molecular weight excluding hydrogens is 232 g/mol. The zero-order valence-corrected chi connectivity index (χ0v) is 8.92. The quantitative estimate of drug-likeness (QED) is 0.791. The molecule has 0 saturated carbocycles. The first-order valence-corrected chi connectivity index (χ1v) is 5.32. The number of aliphatic hydroxyl groups excluding tert-OH is 1. The van der Waals surface area contributed by atoms with E-state index in [0.29, 0.717) is 0 Å². The number of aliphatic hydroxyl groups is 1. The summed E-state index contributed by atoms with van der Waals surface area (Å²) in [5, 5.41) is 9.50. The van der Waals surface area contributed by atoms with E-state index < -0.39 is 0 Å². The van der Waals surface area contributed by atoms with Crippen LogP contribution in [0.1, 0.15) is 12.8 Å². The second kappa shape index (κ2) is 3.72. The first-order chi connectivity index (χ1) is 6.27. The van der Waals surface area contributed by atoms with E-state index in [4.69, 9.17) is 0 Å². The van der Waals surface area contributed by atoms with Gasteiger partial charge in [0, 0.05) is 19.3 Å². The number of anilines is 1. The minimum absolute atomic E-state index is 0.171. The minimum Gasteiger partial charge on any atom is -0.391 e. The summed E-state index contributed by atoms with van der Waals surface area (Å²) in [5.41, 5.74) is 1.15. The molecule has 1 saturated heterocycles. The van der Waals surface area contributed by atoms with Gasteiger partial charge < -0.3 is 15.0 Å². The Balaban J connectivity index is 2.12. The van der Waals surface area contributed by atoms with Gasteiger partial charge in [0.15, 0.2) is 0 Å². The number of aromatic amines is 1. The highest BCUT2D eigenvalue weighted by Crippen LogP contribution is 2.27. The molecule has 0 unspecified atom stereocenters. The van der Waals surface area contributed by atoms with Crippen molar-refractivity contribution in [2.75, 3.05) is 18.0 Å². The lowest BCUT2D eigenvalue weighted by Crippen LogP contribution is -2.38. The number of rotatable bonds is 1. The average Bonchev–Trinajstić information content (AvgIpc) is 2.51. The summed E-state index contributed by atoms with van der Waals surface area (Å²) in [5.74, 6) is 0. The highest BCUT2D eigenvalue weighted by atomic mass is 79.9. The maximum absolute atomic E-state index is 9.50. The highest BCUT2D eigenvalue weighted by molar-refractivity contribution is 9.10. The zero-order valence-electron chi connectivity index (χ0n) is 7.33. The van der Waals surface area contributed by atoms with E-state index in [1.54, 1.807) is 0 Å². The summed E-state index contributed by atoms with van der Waals surface area (Å²) in [4.78, 5) is 5.28. The minimum atomic E-state index is -0.171. The molecule has 3 nitrogen and oxygen atoms in total. The van der Waals surface area contributed by atoms with Crippen LogP contribution in [0, 0.1) is 0 Å². The fourth-order valence-corrected chi connectivity index (χ4v) is 2.27. The first kappa shape index (κ1) is 9.09. The second-order valence-corrected chi connectivity index (χ2v) is 4.21. The molecule has 1 atom stereocenters. The third-order valence-electron chi connectivity index (χ3n) is 2.41. The summed E-state index contributed by atoms with van der Waals surface area (Å²) in [6, 6.07) is 2.03. The van der Waals surface area contributed by atoms with Crippen molar-refractivity contribution in [2.45, 2.75) is 18.9 Å². The van der Waals surface area contributed by atoms with E-state index in [1.165, 1.54) is 0 Å². The Morgan fingerprint density at radius 3 is 3.08 bits per heavy atom. The number of H-pyrrole nitrogens is 1. The molecule has 0 spiro atoms. The van der Waals surface area contributed by atoms with E-state index >= 15 is 0 Å². The lowest BCUT2D eigenvalue weighted by Gasteiger charge is -2.31. The van der Waals surface area contributed by atoms with Crippen LogP contribution in [-0.2, 0) is 0 Å². The van der Waals surface area contributed by atoms with Crippen molar-refractivity contribution in [1.82, 2.24) is 4.98 Å². The molecule has 0 aliphatic carbocycles. The largest absolute Gasteiger partial charge is 0.391 e. The van der Waals surface area contributed by atoms with Gasteiger partial charge >= 0.3 is 0 Å². The number of hydrogen-bond donors (Lipinski definition) is 2. The molecule has 0 aromatic carbocycles. The topological polar surface area (TPSA) is 39.3 Å². The van der Waals surface area contributed by atoms with Crippen LogP contribution in [0.25, 0.3) is 0 Å². The Morgan fingerprint density at radius 1 is 1.62 bits per heavy atom. The van der Waals surface area contributed by atoms with Crippen molar-refractivity contribution in [3.8, 4) is 0 Å². The molecule has 1 aliphatic heterocycles. The van der Waals surface area contributed by atoms with Crippen molar-refractivity contribution >= 4 is 21.6 Å². The van der Waals surface area contributed by atoms with Crippen molar-refractivity contribution < 1.29 is 5.11 Å². The monoisotopic (exact) mass is 244 g/mol. The second-order valence-electron chi connectivity index (χ2n) is 3.42. The first-order valence-electron chi connectivity index (χ1n) is 4.53. The third-order valence-corrected chi connectivity index (χ3v) is 3.05. The number of β-amino-alcohol motifs (C(OH)–C–C–N with tert-alkyl or cyclic N) is 1. The normalized spacial score (nSPS) is 23.5. The SMILES string of the molecule is O[C@@H]1CCCN(c2cc[nH]c2Br)C1. The van der Waals surface area contributed by atoms with E-state index in [0.717, 1.165) is 36.2 Å². The van der Waals surface area contributed by atoms with Crippen LogP contribution in [0.4, 0.5) is 5.69 Å². The molecule has 1 aliphatic rings. The number of aromatic nitrogens is 1. The van der Waals surface area contributed by atoms with Gasteiger partial charge in [-0.1, -0.05) is 0 Å². The van der Waals surface area contributed by atoms with E-state index in [-0.39, 0.29) is 6.10 Å². The van der Waals surface area contributed by atoms with E-state index in [9.17, 15) is 5.11 Å². The predicted molar refractivity (Wildman–Crippen MR) is 55.9 cm³/mol. The third kappa shape index (κ3) is 1.89. The van der Waals surface area contributed by atoms with Crippen LogP contribution in [0.3, 0.4) is 0 Å². The van der Waals surface area contributed by atoms with Crippen LogP contribution < -0.4 is 4.90 Å². The molecule has 2 rings (SSSR count). The zero-order chi connectivity index (χ0) is 9.26. The van der Waals surface area contributed by atoms with Gasteiger partial charge in [0.25, 0.3) is 0 Å². The fourth-order valence-electron chi connectivity index (χ4n) is 1.76. The molecule has 2 heterocycles. The summed E-state index contributed by atoms with van der Waals surface area (Å²) in [6.07, 6.45) is 3.73. The molecule has 1 aromatic heterocycles. The van der Waals surface area contributed by atoms with Crippen LogP contribution in [0.15, 0.2) is 16.9 Å². The summed E-state index contributed by atoms with van der Waals surface area (Å²) >= 11 is 3.44. The van der Waals surface area contributed by atoms with Gasteiger partial charge in [-0.05, 0) is 34.8 Å². The molecular formula is C9H13BrN2O. The molecule has 0 bridgehead atoms. The van der Waals surface area contributed by atoms with Crippen molar-refractivity contribution in [2.24, 2.45) is 0 Å². The van der Waals surface area contributed by atoms with Gasteiger partial charge in [-0.3, -0.25) is 0 Å². The molecule has 13 heavy (non-hydrogen) atoms. The molecule has 1 aromatic rings. The number of piperidine rings is 1. The highest BCUT2D eigenvalue weighted by Gasteiger charge is 2.19. The van der Waals surface area contributed by atoms with Gasteiger partial charge in [0.05, 0.1) is 11.8 Å². The summed E-state index contributed by atoms with van der Waals surface area (Å²) < 4.78 is 1.00. The Hall–Kier alpha value is -0.480. The predicted octanol–water partition coefficient (Wildman–Crippen LogP) is 1.74. The summed E-state index contributed by atoms with van der Waals surface area (Å²) in [7, 11) is 0. The van der Waals surface area contributed by atoms with Crippen molar-refractivity contribution in [1.29, 1.82) is 0 Å².